The predicted octanol–water partition coefficient (Wildman–Crippen LogP) is 1.77. The van der Waals surface area contributed by atoms with Crippen molar-refractivity contribution in [1.82, 2.24) is 20.4 Å². The second kappa shape index (κ2) is 6.05. The van der Waals surface area contributed by atoms with Crippen molar-refractivity contribution in [3.05, 3.63) is 47.6 Å². The monoisotopic (exact) mass is 286 g/mol. The summed E-state index contributed by atoms with van der Waals surface area (Å²) < 4.78 is 5.20. The molecule has 21 heavy (non-hydrogen) atoms. The van der Waals surface area contributed by atoms with Crippen molar-refractivity contribution >= 4 is 5.91 Å². The first-order valence-corrected chi connectivity index (χ1v) is 7.10. The van der Waals surface area contributed by atoms with Crippen LogP contribution >= 0.6 is 0 Å². The zero-order valence-corrected chi connectivity index (χ0v) is 12.0. The van der Waals surface area contributed by atoms with Crippen LogP contribution in [0.25, 0.3) is 0 Å². The number of nitrogens with one attached hydrogen (secondary N) is 1. The highest BCUT2D eigenvalue weighted by Crippen LogP contribution is 2.21. The fourth-order valence-electron chi connectivity index (χ4n) is 2.46. The van der Waals surface area contributed by atoms with E-state index in [2.05, 4.69) is 15.5 Å². The van der Waals surface area contributed by atoms with Gasteiger partial charge in [-0.1, -0.05) is 35.5 Å². The Kier molecular flexibility index (Phi) is 3.96. The van der Waals surface area contributed by atoms with Gasteiger partial charge in [0.1, 0.15) is 0 Å². The minimum absolute atomic E-state index is 0.0819. The van der Waals surface area contributed by atoms with Gasteiger partial charge in [-0.05, 0) is 24.9 Å². The van der Waals surface area contributed by atoms with Gasteiger partial charge in [-0.2, -0.15) is 4.98 Å². The van der Waals surface area contributed by atoms with Gasteiger partial charge < -0.3 is 14.7 Å². The highest BCUT2D eigenvalue weighted by molar-refractivity contribution is 5.90. The highest BCUT2D eigenvalue weighted by Gasteiger charge is 2.25. The zero-order valence-electron chi connectivity index (χ0n) is 12.0. The number of rotatable bonds is 4. The number of aromatic nitrogens is 2. The lowest BCUT2D eigenvalue weighted by molar-refractivity contribution is 0.0769. The molecule has 1 amide bonds. The lowest BCUT2D eigenvalue weighted by atomic mass is 10.2. The maximum atomic E-state index is 12.3. The van der Waals surface area contributed by atoms with Gasteiger partial charge >= 0.3 is 0 Å². The zero-order chi connectivity index (χ0) is 14.7. The van der Waals surface area contributed by atoms with Crippen LogP contribution in [0, 0.1) is 0 Å². The van der Waals surface area contributed by atoms with E-state index >= 15 is 0 Å². The molecule has 0 saturated carbocycles. The molecule has 6 nitrogen and oxygen atoms in total. The van der Waals surface area contributed by atoms with Crippen LogP contribution in [0.2, 0.25) is 0 Å². The van der Waals surface area contributed by atoms with Crippen molar-refractivity contribution in [2.45, 2.75) is 25.4 Å². The number of hydrogen-bond acceptors (Lipinski definition) is 5. The molecule has 1 aromatic carbocycles. The van der Waals surface area contributed by atoms with Gasteiger partial charge in [-0.15, -0.1) is 0 Å². The number of nitrogens with zero attached hydrogens (tertiary/aromatic N) is 3. The molecule has 1 saturated heterocycles. The quantitative estimate of drug-likeness (QED) is 0.927. The first-order valence-electron chi connectivity index (χ1n) is 7.10. The number of hydrogen-bond donors (Lipinski definition) is 1. The van der Waals surface area contributed by atoms with Crippen LogP contribution in [0.1, 0.15) is 41.0 Å². The average molecular weight is 286 g/mol. The van der Waals surface area contributed by atoms with Crippen LogP contribution in [0.4, 0.5) is 0 Å². The van der Waals surface area contributed by atoms with Crippen LogP contribution in [0.5, 0.6) is 0 Å². The Morgan fingerprint density at radius 2 is 2.24 bits per heavy atom. The van der Waals surface area contributed by atoms with Crippen LogP contribution in [0.3, 0.4) is 0 Å². The maximum Gasteiger partial charge on any atom is 0.295 e. The summed E-state index contributed by atoms with van der Waals surface area (Å²) in [5, 5.41) is 7.08. The largest absolute Gasteiger partial charge is 0.337 e. The third-order valence-corrected chi connectivity index (χ3v) is 3.60. The molecule has 1 fully saturated rings. The number of carbonyl (C=O) groups is 1. The number of carbonyl (C=O) groups excluding carboxylic acids is 1. The summed E-state index contributed by atoms with van der Waals surface area (Å²) in [6.07, 6.45) is 2.06. The Hall–Kier alpha value is -2.21. The second-order valence-corrected chi connectivity index (χ2v) is 5.25. The Morgan fingerprint density at radius 1 is 1.43 bits per heavy atom. The third-order valence-electron chi connectivity index (χ3n) is 3.60. The summed E-state index contributed by atoms with van der Waals surface area (Å²) in [5.41, 5.74) is 1.06. The summed E-state index contributed by atoms with van der Waals surface area (Å²) in [5.74, 6) is 0.396. The van der Waals surface area contributed by atoms with Gasteiger partial charge in [0, 0.05) is 13.6 Å². The molecule has 2 aromatic rings. The van der Waals surface area contributed by atoms with E-state index in [0.29, 0.717) is 12.4 Å². The smallest absolute Gasteiger partial charge is 0.295 e. The molecule has 110 valence electrons. The van der Waals surface area contributed by atoms with E-state index in [1.165, 1.54) is 0 Å². The molecular weight excluding hydrogens is 268 g/mol. The van der Waals surface area contributed by atoms with Gasteiger partial charge in [0.25, 0.3) is 11.7 Å². The van der Waals surface area contributed by atoms with Crippen molar-refractivity contribution in [3.63, 3.8) is 0 Å². The molecule has 0 spiro atoms. The molecule has 1 unspecified atom stereocenters. The first-order chi connectivity index (χ1) is 10.2. The minimum Gasteiger partial charge on any atom is -0.337 e. The Labute approximate surface area is 123 Å². The van der Waals surface area contributed by atoms with Gasteiger partial charge in [-0.25, -0.2) is 0 Å². The van der Waals surface area contributed by atoms with Crippen LogP contribution in [0.15, 0.2) is 34.9 Å². The number of amides is 1. The highest BCUT2D eigenvalue weighted by atomic mass is 16.5. The fourth-order valence-corrected chi connectivity index (χ4v) is 2.46. The molecule has 1 aliphatic rings. The van der Waals surface area contributed by atoms with Gasteiger partial charge in [0.05, 0.1) is 6.04 Å². The molecule has 6 heteroatoms. The molecule has 0 aliphatic carbocycles. The third kappa shape index (κ3) is 3.11. The van der Waals surface area contributed by atoms with Crippen molar-refractivity contribution in [1.29, 1.82) is 0 Å². The molecule has 1 aromatic heterocycles. The molecular formula is C15H18N4O2. The van der Waals surface area contributed by atoms with Crippen LogP contribution in [-0.2, 0) is 6.54 Å². The molecule has 3 rings (SSSR count). The van der Waals surface area contributed by atoms with Crippen molar-refractivity contribution in [3.8, 4) is 0 Å². The van der Waals surface area contributed by atoms with E-state index < -0.39 is 0 Å². The van der Waals surface area contributed by atoms with Crippen molar-refractivity contribution in [2.75, 3.05) is 13.6 Å². The van der Waals surface area contributed by atoms with E-state index in [1.807, 2.05) is 30.3 Å². The van der Waals surface area contributed by atoms with Crippen molar-refractivity contribution in [2.24, 2.45) is 0 Å². The standard InChI is InChI=1S/C15H18N4O2/c1-19(10-11-6-3-2-4-7-11)15(20)13-17-14(21-18-13)12-8-5-9-16-12/h2-4,6-7,12,16H,5,8-10H2,1H3. The summed E-state index contributed by atoms with van der Waals surface area (Å²) in [6, 6.07) is 9.89. The first kappa shape index (κ1) is 13.8. The lowest BCUT2D eigenvalue weighted by Crippen LogP contribution is -2.27. The SMILES string of the molecule is CN(Cc1ccccc1)C(=O)c1noc(C2CCCN2)n1. The van der Waals surface area contributed by atoms with Gasteiger partial charge in [-0.3, -0.25) is 4.79 Å². The molecule has 0 radical (unpaired) electrons. The van der Waals surface area contributed by atoms with Crippen LogP contribution < -0.4 is 5.32 Å². The summed E-state index contributed by atoms with van der Waals surface area (Å²) in [6.45, 7) is 1.47. The molecule has 0 bridgehead atoms. The van der Waals surface area contributed by atoms with Crippen molar-refractivity contribution < 1.29 is 9.32 Å². The molecule has 1 N–H and O–H groups in total. The van der Waals surface area contributed by atoms with Gasteiger partial charge in [0.2, 0.25) is 5.89 Å². The number of benzene rings is 1. The molecule has 1 atom stereocenters. The summed E-state index contributed by atoms with van der Waals surface area (Å²) in [4.78, 5) is 18.1. The maximum absolute atomic E-state index is 12.3. The topological polar surface area (TPSA) is 71.3 Å². The lowest BCUT2D eigenvalue weighted by Gasteiger charge is -2.14. The summed E-state index contributed by atoms with van der Waals surface area (Å²) in [7, 11) is 1.74. The van der Waals surface area contributed by atoms with Crippen LogP contribution in [-0.4, -0.2) is 34.5 Å². The van der Waals surface area contributed by atoms with Gasteiger partial charge in [0.15, 0.2) is 0 Å². The Balaban J connectivity index is 1.67. The molecule has 2 heterocycles. The van der Waals surface area contributed by atoms with E-state index in [9.17, 15) is 4.79 Å². The van der Waals surface area contributed by atoms with E-state index in [4.69, 9.17) is 4.52 Å². The summed E-state index contributed by atoms with van der Waals surface area (Å²) >= 11 is 0. The normalized spacial score (nSPS) is 17.9. The molecule has 1 aliphatic heterocycles. The van der Waals surface area contributed by atoms with E-state index in [-0.39, 0.29) is 17.8 Å². The Morgan fingerprint density at radius 3 is 2.95 bits per heavy atom. The fraction of sp³-hybridized carbons (Fsp3) is 0.400. The minimum atomic E-state index is -0.230. The van der Waals surface area contributed by atoms with E-state index in [0.717, 1.165) is 24.9 Å². The predicted molar refractivity (Wildman–Crippen MR) is 76.5 cm³/mol. The Bertz CT molecular complexity index is 605. The second-order valence-electron chi connectivity index (χ2n) is 5.25. The van der Waals surface area contributed by atoms with E-state index in [1.54, 1.807) is 11.9 Å². The average Bonchev–Trinajstić information content (AvgIpc) is 3.18.